The third-order valence-electron chi connectivity index (χ3n) is 1.40. The van der Waals surface area contributed by atoms with E-state index >= 15 is 0 Å². The van der Waals surface area contributed by atoms with E-state index in [1.165, 1.54) is 0 Å². The second-order valence-corrected chi connectivity index (χ2v) is 2.23. The Labute approximate surface area is 69.8 Å². The first kappa shape index (κ1) is 8.93. The average Bonchev–Trinajstić information content (AvgIpc) is 2.09. The fraction of sp³-hybridized carbons (Fsp3) is 0.375. The lowest BCUT2D eigenvalue weighted by Gasteiger charge is -2.00. The number of hydrogen-bond acceptors (Lipinski definition) is 3. The van der Waals surface area contributed by atoms with Crippen molar-refractivity contribution < 1.29 is 14.2 Å². The molecule has 1 aromatic rings. The molecule has 0 saturated heterocycles. The SMILES string of the molecule is OCCc1ccc(OCF)nc1. The Morgan fingerprint density at radius 2 is 2.33 bits per heavy atom. The zero-order valence-corrected chi connectivity index (χ0v) is 6.53. The van der Waals surface area contributed by atoms with Gasteiger partial charge in [0.25, 0.3) is 0 Å². The molecule has 12 heavy (non-hydrogen) atoms. The van der Waals surface area contributed by atoms with E-state index in [0.717, 1.165) is 5.56 Å². The van der Waals surface area contributed by atoms with Gasteiger partial charge in [-0.3, -0.25) is 0 Å². The Kier molecular flexibility index (Phi) is 3.47. The van der Waals surface area contributed by atoms with Crippen molar-refractivity contribution in [1.29, 1.82) is 0 Å². The predicted octanol–water partition coefficient (Wildman–Crippen LogP) is 0.922. The molecule has 0 unspecified atom stereocenters. The molecule has 0 saturated carbocycles. The summed E-state index contributed by atoms with van der Waals surface area (Å²) in [4.78, 5) is 3.81. The average molecular weight is 171 g/mol. The maximum absolute atomic E-state index is 11.6. The molecule has 0 spiro atoms. The summed E-state index contributed by atoms with van der Waals surface area (Å²) in [5.41, 5.74) is 0.906. The van der Waals surface area contributed by atoms with Crippen molar-refractivity contribution in [2.45, 2.75) is 6.42 Å². The van der Waals surface area contributed by atoms with Crippen LogP contribution >= 0.6 is 0 Å². The number of rotatable bonds is 4. The standard InChI is InChI=1S/C8H10FNO2/c9-6-12-8-2-1-7(3-4-11)5-10-8/h1-2,5,11H,3-4,6H2. The van der Waals surface area contributed by atoms with Crippen molar-refractivity contribution in [1.82, 2.24) is 4.98 Å². The zero-order valence-electron chi connectivity index (χ0n) is 6.53. The van der Waals surface area contributed by atoms with E-state index in [1.807, 2.05) is 0 Å². The first-order chi connectivity index (χ1) is 5.86. The molecule has 0 aliphatic heterocycles. The highest BCUT2D eigenvalue weighted by Gasteiger charge is 1.95. The fourth-order valence-corrected chi connectivity index (χ4v) is 0.829. The molecule has 3 nitrogen and oxygen atoms in total. The lowest BCUT2D eigenvalue weighted by molar-refractivity contribution is 0.184. The van der Waals surface area contributed by atoms with Crippen molar-refractivity contribution in [3.63, 3.8) is 0 Å². The summed E-state index contributed by atoms with van der Waals surface area (Å²) in [7, 11) is 0. The van der Waals surface area contributed by atoms with Crippen LogP contribution < -0.4 is 4.74 Å². The highest BCUT2D eigenvalue weighted by molar-refractivity contribution is 5.17. The summed E-state index contributed by atoms with van der Waals surface area (Å²) < 4.78 is 16.1. The van der Waals surface area contributed by atoms with Crippen molar-refractivity contribution in [3.05, 3.63) is 23.9 Å². The van der Waals surface area contributed by atoms with Crippen LogP contribution in [0.4, 0.5) is 4.39 Å². The van der Waals surface area contributed by atoms with Crippen LogP contribution in [0.5, 0.6) is 5.88 Å². The van der Waals surface area contributed by atoms with Gasteiger partial charge >= 0.3 is 0 Å². The van der Waals surface area contributed by atoms with Gasteiger partial charge in [-0.1, -0.05) is 6.07 Å². The molecule has 1 N–H and O–H groups in total. The molecule has 0 bridgehead atoms. The number of hydrogen-bond donors (Lipinski definition) is 1. The van der Waals surface area contributed by atoms with Gasteiger partial charge in [0.1, 0.15) is 0 Å². The highest BCUT2D eigenvalue weighted by Crippen LogP contribution is 2.07. The Morgan fingerprint density at radius 1 is 1.50 bits per heavy atom. The van der Waals surface area contributed by atoms with E-state index < -0.39 is 6.86 Å². The number of aromatic nitrogens is 1. The molecule has 0 amide bonds. The molecule has 0 fully saturated rings. The summed E-state index contributed by atoms with van der Waals surface area (Å²) in [5.74, 6) is 0.263. The molecular weight excluding hydrogens is 161 g/mol. The quantitative estimate of drug-likeness (QED) is 0.732. The van der Waals surface area contributed by atoms with Crippen LogP contribution in [-0.4, -0.2) is 23.6 Å². The van der Waals surface area contributed by atoms with Gasteiger partial charge in [-0.25, -0.2) is 9.37 Å². The van der Waals surface area contributed by atoms with E-state index in [-0.39, 0.29) is 12.5 Å². The largest absolute Gasteiger partial charge is 0.446 e. The smallest absolute Gasteiger partial charge is 0.230 e. The normalized spacial score (nSPS) is 9.83. The maximum Gasteiger partial charge on any atom is 0.230 e. The third kappa shape index (κ3) is 2.47. The van der Waals surface area contributed by atoms with Crippen LogP contribution in [0.1, 0.15) is 5.56 Å². The number of aliphatic hydroxyl groups excluding tert-OH is 1. The summed E-state index contributed by atoms with van der Waals surface area (Å²) in [6, 6.07) is 3.32. The van der Waals surface area contributed by atoms with Gasteiger partial charge in [-0.05, 0) is 12.0 Å². The van der Waals surface area contributed by atoms with Crippen molar-refractivity contribution in [2.24, 2.45) is 0 Å². The third-order valence-corrected chi connectivity index (χ3v) is 1.40. The number of pyridine rings is 1. The zero-order chi connectivity index (χ0) is 8.81. The summed E-state index contributed by atoms with van der Waals surface area (Å²) >= 11 is 0. The Hall–Kier alpha value is -1.16. The van der Waals surface area contributed by atoms with E-state index in [2.05, 4.69) is 9.72 Å². The van der Waals surface area contributed by atoms with Gasteiger partial charge in [-0.15, -0.1) is 0 Å². The van der Waals surface area contributed by atoms with Gasteiger partial charge in [0, 0.05) is 18.9 Å². The number of halogens is 1. The van der Waals surface area contributed by atoms with E-state index in [9.17, 15) is 4.39 Å². The van der Waals surface area contributed by atoms with Crippen LogP contribution in [-0.2, 0) is 6.42 Å². The topological polar surface area (TPSA) is 42.4 Å². The van der Waals surface area contributed by atoms with Crippen LogP contribution in [0.2, 0.25) is 0 Å². The molecule has 1 rings (SSSR count). The minimum absolute atomic E-state index is 0.0883. The summed E-state index contributed by atoms with van der Waals surface area (Å²) in [6.07, 6.45) is 2.12. The first-order valence-electron chi connectivity index (χ1n) is 3.61. The van der Waals surface area contributed by atoms with E-state index in [4.69, 9.17) is 5.11 Å². The van der Waals surface area contributed by atoms with Crippen molar-refractivity contribution in [3.8, 4) is 5.88 Å². The molecule has 66 valence electrons. The van der Waals surface area contributed by atoms with Crippen LogP contribution in [0.25, 0.3) is 0 Å². The number of ether oxygens (including phenoxy) is 1. The minimum Gasteiger partial charge on any atom is -0.446 e. The van der Waals surface area contributed by atoms with Gasteiger partial charge in [0.15, 0.2) is 0 Å². The van der Waals surface area contributed by atoms with Crippen LogP contribution in [0.3, 0.4) is 0 Å². The van der Waals surface area contributed by atoms with Crippen molar-refractivity contribution >= 4 is 0 Å². The molecule has 0 radical (unpaired) electrons. The predicted molar refractivity (Wildman–Crippen MR) is 41.6 cm³/mol. The van der Waals surface area contributed by atoms with Gasteiger partial charge in [0.2, 0.25) is 12.7 Å². The summed E-state index contributed by atoms with van der Waals surface area (Å²) in [5, 5.41) is 8.57. The molecule has 0 atom stereocenters. The molecule has 1 heterocycles. The number of nitrogens with zero attached hydrogens (tertiary/aromatic N) is 1. The van der Waals surface area contributed by atoms with Crippen LogP contribution in [0.15, 0.2) is 18.3 Å². The second kappa shape index (κ2) is 4.66. The second-order valence-electron chi connectivity index (χ2n) is 2.23. The molecule has 0 aromatic carbocycles. The van der Waals surface area contributed by atoms with Crippen molar-refractivity contribution in [2.75, 3.05) is 13.5 Å². The highest BCUT2D eigenvalue weighted by atomic mass is 19.1. The number of alkyl halides is 1. The number of aliphatic hydroxyl groups is 1. The molecule has 4 heteroatoms. The fourth-order valence-electron chi connectivity index (χ4n) is 0.829. The summed E-state index contributed by atoms with van der Waals surface area (Å²) in [6.45, 7) is -0.780. The molecular formula is C8H10FNO2. The maximum atomic E-state index is 11.6. The molecule has 0 aliphatic rings. The van der Waals surface area contributed by atoms with Gasteiger partial charge < -0.3 is 9.84 Å². The Bertz CT molecular complexity index is 200. The molecule has 1 aromatic heterocycles. The lowest BCUT2D eigenvalue weighted by atomic mass is 10.2. The molecule has 0 aliphatic carbocycles. The lowest BCUT2D eigenvalue weighted by Crippen LogP contribution is -1.95. The first-order valence-corrected chi connectivity index (χ1v) is 3.61. The van der Waals surface area contributed by atoms with Crippen LogP contribution in [0, 0.1) is 0 Å². The van der Waals surface area contributed by atoms with Gasteiger partial charge in [-0.2, -0.15) is 0 Å². The monoisotopic (exact) mass is 171 g/mol. The van der Waals surface area contributed by atoms with E-state index in [0.29, 0.717) is 6.42 Å². The minimum atomic E-state index is -0.869. The Morgan fingerprint density at radius 3 is 2.83 bits per heavy atom. The van der Waals surface area contributed by atoms with E-state index in [1.54, 1.807) is 18.3 Å². The Balaban J connectivity index is 2.58. The van der Waals surface area contributed by atoms with Gasteiger partial charge in [0.05, 0.1) is 0 Å².